The van der Waals surface area contributed by atoms with Gasteiger partial charge in [0.2, 0.25) is 5.91 Å². The highest BCUT2D eigenvalue weighted by Crippen LogP contribution is 2.24. The molecular formula is C22H24Cl2N4O2S. The standard InChI is InChI=1S/C22H24Cl2N4O2S/c1-13-5-7-28(8-6-19-21(24)31-14(2)27-19)22(30)18(13)10-20(29)26-12-16-9-17(23)4-3-15(16)11-25/h3-5,7,9H,6,8,10-12,25H2,1-2H3,(H,26,29). The van der Waals surface area contributed by atoms with Gasteiger partial charge in [0.15, 0.2) is 0 Å². The predicted molar refractivity (Wildman–Crippen MR) is 126 cm³/mol. The molecule has 0 atom stereocenters. The van der Waals surface area contributed by atoms with Gasteiger partial charge >= 0.3 is 0 Å². The molecule has 0 radical (unpaired) electrons. The van der Waals surface area contributed by atoms with Crippen LogP contribution in [0, 0.1) is 13.8 Å². The van der Waals surface area contributed by atoms with E-state index in [4.69, 9.17) is 28.9 Å². The summed E-state index contributed by atoms with van der Waals surface area (Å²) < 4.78 is 2.25. The molecule has 0 spiro atoms. The molecule has 0 aliphatic rings. The van der Waals surface area contributed by atoms with E-state index in [1.165, 1.54) is 11.3 Å². The molecule has 2 heterocycles. The van der Waals surface area contributed by atoms with E-state index in [1.807, 2.05) is 26.0 Å². The molecule has 0 saturated carbocycles. The van der Waals surface area contributed by atoms with Crippen LogP contribution in [0.25, 0.3) is 0 Å². The molecule has 3 aromatic rings. The fourth-order valence-corrected chi connectivity index (χ4v) is 4.65. The van der Waals surface area contributed by atoms with Crippen molar-refractivity contribution in [3.8, 4) is 0 Å². The van der Waals surface area contributed by atoms with E-state index < -0.39 is 0 Å². The molecule has 0 bridgehead atoms. The van der Waals surface area contributed by atoms with Crippen molar-refractivity contribution in [2.45, 2.75) is 46.3 Å². The van der Waals surface area contributed by atoms with Gasteiger partial charge in [0, 0.05) is 42.8 Å². The number of halogens is 2. The zero-order chi connectivity index (χ0) is 22.5. The number of thiazole rings is 1. The highest BCUT2D eigenvalue weighted by atomic mass is 35.5. The Balaban J connectivity index is 1.69. The van der Waals surface area contributed by atoms with Crippen LogP contribution in [0.3, 0.4) is 0 Å². The number of benzene rings is 1. The number of nitrogens with zero attached hydrogens (tertiary/aromatic N) is 2. The molecule has 6 nitrogen and oxygen atoms in total. The van der Waals surface area contributed by atoms with E-state index in [1.54, 1.807) is 22.9 Å². The minimum Gasteiger partial charge on any atom is -0.352 e. The smallest absolute Gasteiger partial charge is 0.254 e. The van der Waals surface area contributed by atoms with E-state index in [-0.39, 0.29) is 17.9 Å². The zero-order valence-corrected chi connectivity index (χ0v) is 19.7. The van der Waals surface area contributed by atoms with E-state index in [0.717, 1.165) is 27.4 Å². The largest absolute Gasteiger partial charge is 0.352 e. The highest BCUT2D eigenvalue weighted by molar-refractivity contribution is 7.15. The van der Waals surface area contributed by atoms with Crippen LogP contribution >= 0.6 is 34.5 Å². The number of amides is 1. The third kappa shape index (κ3) is 5.95. The Bertz CT molecular complexity index is 1160. The summed E-state index contributed by atoms with van der Waals surface area (Å²) in [4.78, 5) is 29.9. The number of hydrogen-bond acceptors (Lipinski definition) is 5. The lowest BCUT2D eigenvalue weighted by Crippen LogP contribution is -2.31. The van der Waals surface area contributed by atoms with Crippen LogP contribution in [0.4, 0.5) is 0 Å². The molecule has 2 aromatic heterocycles. The van der Waals surface area contributed by atoms with Gasteiger partial charge in [0.25, 0.3) is 5.56 Å². The van der Waals surface area contributed by atoms with Gasteiger partial charge in [-0.05, 0) is 48.7 Å². The first-order valence-corrected chi connectivity index (χ1v) is 11.4. The fourth-order valence-electron chi connectivity index (χ4n) is 3.30. The van der Waals surface area contributed by atoms with Crippen molar-refractivity contribution >= 4 is 40.4 Å². The maximum atomic E-state index is 13.0. The van der Waals surface area contributed by atoms with Gasteiger partial charge in [-0.3, -0.25) is 9.59 Å². The van der Waals surface area contributed by atoms with E-state index in [0.29, 0.717) is 41.0 Å². The van der Waals surface area contributed by atoms with Crippen LogP contribution in [0.1, 0.15) is 33.0 Å². The number of aryl methyl sites for hydroxylation is 4. The van der Waals surface area contributed by atoms with Gasteiger partial charge in [-0.25, -0.2) is 4.98 Å². The number of rotatable bonds is 8. The molecule has 164 valence electrons. The number of carbonyl (C=O) groups is 1. The minimum atomic E-state index is -0.237. The summed E-state index contributed by atoms with van der Waals surface area (Å²) in [6.45, 7) is 4.83. The Labute approximate surface area is 195 Å². The number of nitrogens with two attached hydrogens (primary N) is 1. The molecule has 0 aliphatic carbocycles. The molecule has 9 heteroatoms. The van der Waals surface area contributed by atoms with Gasteiger partial charge in [-0.1, -0.05) is 29.3 Å². The Morgan fingerprint density at radius 3 is 2.68 bits per heavy atom. The summed E-state index contributed by atoms with van der Waals surface area (Å²) >= 11 is 13.7. The Hall–Kier alpha value is -2.19. The average molecular weight is 479 g/mol. The number of pyridine rings is 1. The van der Waals surface area contributed by atoms with Crippen LogP contribution in [0.2, 0.25) is 9.36 Å². The minimum absolute atomic E-state index is 0.000591. The van der Waals surface area contributed by atoms with Gasteiger partial charge in [-0.2, -0.15) is 0 Å². The average Bonchev–Trinajstić information content (AvgIpc) is 3.06. The van der Waals surface area contributed by atoms with Gasteiger partial charge < -0.3 is 15.6 Å². The topological polar surface area (TPSA) is 90.0 Å². The summed E-state index contributed by atoms with van der Waals surface area (Å²) in [6, 6.07) is 7.25. The fraction of sp³-hybridized carbons (Fsp3) is 0.318. The van der Waals surface area contributed by atoms with Crippen LogP contribution in [-0.2, 0) is 37.3 Å². The lowest BCUT2D eigenvalue weighted by molar-refractivity contribution is -0.120. The van der Waals surface area contributed by atoms with Gasteiger partial charge in [0.05, 0.1) is 17.1 Å². The molecule has 1 amide bonds. The Morgan fingerprint density at radius 1 is 1.23 bits per heavy atom. The van der Waals surface area contributed by atoms with Crippen LogP contribution in [-0.4, -0.2) is 15.5 Å². The molecule has 1 aromatic carbocycles. The van der Waals surface area contributed by atoms with Crippen LogP contribution in [0.5, 0.6) is 0 Å². The normalized spacial score (nSPS) is 11.0. The monoisotopic (exact) mass is 478 g/mol. The molecule has 0 aliphatic heterocycles. The van der Waals surface area contributed by atoms with Crippen molar-refractivity contribution in [1.29, 1.82) is 0 Å². The molecule has 0 fully saturated rings. The first-order valence-electron chi connectivity index (χ1n) is 9.83. The van der Waals surface area contributed by atoms with E-state index in [2.05, 4.69) is 10.3 Å². The molecule has 0 saturated heterocycles. The van der Waals surface area contributed by atoms with Crippen molar-refractivity contribution in [2.24, 2.45) is 5.73 Å². The number of carbonyl (C=O) groups excluding carboxylic acids is 1. The van der Waals surface area contributed by atoms with E-state index in [9.17, 15) is 9.59 Å². The van der Waals surface area contributed by atoms with Crippen molar-refractivity contribution in [3.05, 3.63) is 83.1 Å². The van der Waals surface area contributed by atoms with Gasteiger partial charge in [0.1, 0.15) is 4.34 Å². The molecule has 3 rings (SSSR count). The quantitative estimate of drug-likeness (QED) is 0.515. The lowest BCUT2D eigenvalue weighted by atomic mass is 10.1. The zero-order valence-electron chi connectivity index (χ0n) is 17.4. The second kappa shape index (κ2) is 10.4. The summed E-state index contributed by atoms with van der Waals surface area (Å²) in [5.41, 5.74) is 9.40. The van der Waals surface area contributed by atoms with Crippen molar-refractivity contribution in [1.82, 2.24) is 14.9 Å². The summed E-state index contributed by atoms with van der Waals surface area (Å²) in [7, 11) is 0. The Kier molecular flexibility index (Phi) is 7.89. The van der Waals surface area contributed by atoms with Crippen LogP contribution < -0.4 is 16.6 Å². The second-order valence-corrected chi connectivity index (χ2v) is 9.49. The molecule has 31 heavy (non-hydrogen) atoms. The molecule has 0 unspecified atom stereocenters. The first-order chi connectivity index (χ1) is 14.8. The van der Waals surface area contributed by atoms with Crippen molar-refractivity contribution < 1.29 is 4.79 Å². The SMILES string of the molecule is Cc1nc(CCn2ccc(C)c(CC(=O)NCc3cc(Cl)ccc3CN)c2=O)c(Cl)s1. The number of aromatic nitrogens is 2. The maximum Gasteiger partial charge on any atom is 0.254 e. The second-order valence-electron chi connectivity index (χ2n) is 7.25. The van der Waals surface area contributed by atoms with Crippen molar-refractivity contribution in [2.75, 3.05) is 0 Å². The maximum absolute atomic E-state index is 13.0. The van der Waals surface area contributed by atoms with Gasteiger partial charge in [-0.15, -0.1) is 11.3 Å². The summed E-state index contributed by atoms with van der Waals surface area (Å²) in [5, 5.41) is 4.34. The number of hydrogen-bond donors (Lipinski definition) is 2. The number of nitrogens with one attached hydrogen (secondary N) is 1. The third-order valence-electron chi connectivity index (χ3n) is 5.05. The summed E-state index contributed by atoms with van der Waals surface area (Å²) in [5.74, 6) is -0.237. The molecule has 3 N–H and O–H groups in total. The van der Waals surface area contributed by atoms with E-state index >= 15 is 0 Å². The van der Waals surface area contributed by atoms with Crippen molar-refractivity contribution in [3.63, 3.8) is 0 Å². The summed E-state index contributed by atoms with van der Waals surface area (Å²) in [6.07, 6.45) is 2.29. The first kappa shape index (κ1) is 23.5. The highest BCUT2D eigenvalue weighted by Gasteiger charge is 2.14. The predicted octanol–water partition coefficient (Wildman–Crippen LogP) is 3.79. The Morgan fingerprint density at radius 2 is 2.00 bits per heavy atom. The lowest BCUT2D eigenvalue weighted by Gasteiger charge is -2.12. The third-order valence-corrected chi connectivity index (χ3v) is 6.53. The van der Waals surface area contributed by atoms with Crippen LogP contribution in [0.15, 0.2) is 35.3 Å². The molecular weight excluding hydrogens is 455 g/mol.